The Morgan fingerprint density at radius 3 is 2.54 bits per heavy atom. The van der Waals surface area contributed by atoms with E-state index in [-0.39, 0.29) is 0 Å². The summed E-state index contributed by atoms with van der Waals surface area (Å²) in [6, 6.07) is 0. The van der Waals surface area contributed by atoms with E-state index in [1.54, 1.807) is 0 Å². The minimum atomic E-state index is 0.939. The van der Waals surface area contributed by atoms with E-state index < -0.39 is 0 Å². The van der Waals surface area contributed by atoms with Crippen molar-refractivity contribution in [2.45, 2.75) is 20.4 Å². The van der Waals surface area contributed by atoms with Gasteiger partial charge in [0.05, 0.1) is 15.9 Å². The average Bonchev–Trinajstić information content (AvgIpc) is 2.32. The summed E-state index contributed by atoms with van der Waals surface area (Å²) in [6.45, 7) is 6.15. The number of nitrogens with zero attached hydrogens (tertiary/aromatic N) is 3. The highest BCUT2D eigenvalue weighted by Crippen LogP contribution is 2.20. The van der Waals surface area contributed by atoms with Gasteiger partial charge in [0, 0.05) is 13.6 Å². The normalized spacial score (nSPS) is 11.2. The highest BCUT2D eigenvalue weighted by Gasteiger charge is 2.11. The Kier molecular flexibility index (Phi) is 3.50. The molecule has 0 aromatic carbocycles. The van der Waals surface area contributed by atoms with Gasteiger partial charge in [0.15, 0.2) is 0 Å². The lowest BCUT2D eigenvalue weighted by molar-refractivity contribution is 0.334. The van der Waals surface area contributed by atoms with E-state index in [2.05, 4.69) is 39.9 Å². The second-order valence-corrected chi connectivity index (χ2v) is 4.09. The number of aryl methyl sites for hydroxylation is 2. The second kappa shape index (κ2) is 4.24. The van der Waals surface area contributed by atoms with Gasteiger partial charge in [0.1, 0.15) is 0 Å². The summed E-state index contributed by atoms with van der Waals surface area (Å²) in [5.41, 5.74) is 2.30. The molecule has 0 aliphatic carbocycles. The molecule has 1 rings (SSSR count). The van der Waals surface area contributed by atoms with Crippen LogP contribution in [0.15, 0.2) is 4.47 Å². The van der Waals surface area contributed by atoms with Crippen LogP contribution in [0.3, 0.4) is 0 Å². The van der Waals surface area contributed by atoms with Gasteiger partial charge < -0.3 is 4.90 Å². The van der Waals surface area contributed by atoms with Crippen molar-refractivity contribution in [3.05, 3.63) is 15.9 Å². The van der Waals surface area contributed by atoms with E-state index in [1.807, 2.05) is 18.7 Å². The van der Waals surface area contributed by atoms with Crippen LogP contribution >= 0.6 is 15.9 Å². The third-order valence-electron chi connectivity index (χ3n) is 2.22. The molecule has 4 heteroatoms. The standard InChI is InChI=1S/C9H16BrN3/c1-5-12(3)6-8-9(10)7(2)11-13(8)4/h5-6H2,1-4H3. The molecule has 0 spiro atoms. The highest BCUT2D eigenvalue weighted by atomic mass is 79.9. The number of rotatable bonds is 3. The molecule has 0 N–H and O–H groups in total. The third kappa shape index (κ3) is 2.31. The Morgan fingerprint density at radius 2 is 2.15 bits per heavy atom. The van der Waals surface area contributed by atoms with Crippen LogP contribution in [0.1, 0.15) is 18.3 Å². The highest BCUT2D eigenvalue weighted by molar-refractivity contribution is 9.10. The molecule has 1 heterocycles. The third-order valence-corrected chi connectivity index (χ3v) is 3.25. The lowest BCUT2D eigenvalue weighted by Crippen LogP contribution is -2.19. The van der Waals surface area contributed by atoms with Crippen molar-refractivity contribution in [2.24, 2.45) is 7.05 Å². The van der Waals surface area contributed by atoms with Crippen molar-refractivity contribution >= 4 is 15.9 Å². The SMILES string of the molecule is CCN(C)Cc1c(Br)c(C)nn1C. The maximum absolute atomic E-state index is 4.34. The predicted molar refractivity (Wildman–Crippen MR) is 57.7 cm³/mol. The molecule has 0 aliphatic heterocycles. The molecule has 3 nitrogen and oxygen atoms in total. The van der Waals surface area contributed by atoms with E-state index in [4.69, 9.17) is 0 Å². The van der Waals surface area contributed by atoms with Gasteiger partial charge in [-0.2, -0.15) is 5.10 Å². The largest absolute Gasteiger partial charge is 0.301 e. The summed E-state index contributed by atoms with van der Waals surface area (Å²) in [4.78, 5) is 2.25. The van der Waals surface area contributed by atoms with Crippen LogP contribution in [0, 0.1) is 6.92 Å². The van der Waals surface area contributed by atoms with Gasteiger partial charge in [0.25, 0.3) is 0 Å². The van der Waals surface area contributed by atoms with Crippen LogP contribution in [-0.2, 0) is 13.6 Å². The molecule has 0 bridgehead atoms. The Hall–Kier alpha value is -0.350. The number of aromatic nitrogens is 2. The molecule has 0 saturated heterocycles. The van der Waals surface area contributed by atoms with Crippen molar-refractivity contribution in [2.75, 3.05) is 13.6 Å². The monoisotopic (exact) mass is 245 g/mol. The van der Waals surface area contributed by atoms with Crippen LogP contribution in [0.5, 0.6) is 0 Å². The van der Waals surface area contributed by atoms with Crippen molar-refractivity contribution < 1.29 is 0 Å². The first kappa shape index (κ1) is 10.7. The summed E-state index contributed by atoms with van der Waals surface area (Å²) in [7, 11) is 4.09. The Bertz CT molecular complexity index is 293. The van der Waals surface area contributed by atoms with Gasteiger partial charge in [-0.3, -0.25) is 4.68 Å². The van der Waals surface area contributed by atoms with Crippen molar-refractivity contribution in [1.82, 2.24) is 14.7 Å². The Balaban J connectivity index is 2.87. The Morgan fingerprint density at radius 1 is 1.54 bits per heavy atom. The molecule has 0 atom stereocenters. The molecular formula is C9H16BrN3. The molecule has 0 unspecified atom stereocenters. The van der Waals surface area contributed by atoms with E-state index in [0.29, 0.717) is 0 Å². The van der Waals surface area contributed by atoms with Gasteiger partial charge in [-0.15, -0.1) is 0 Å². The first-order valence-corrected chi connectivity index (χ1v) is 5.22. The smallest absolute Gasteiger partial charge is 0.0739 e. The molecule has 0 saturated carbocycles. The topological polar surface area (TPSA) is 21.1 Å². The molecule has 0 aliphatic rings. The fourth-order valence-electron chi connectivity index (χ4n) is 1.22. The predicted octanol–water partition coefficient (Wildman–Crippen LogP) is 1.94. The first-order valence-electron chi connectivity index (χ1n) is 4.42. The summed E-state index contributed by atoms with van der Waals surface area (Å²) in [5, 5.41) is 4.34. The van der Waals surface area contributed by atoms with Crippen molar-refractivity contribution in [1.29, 1.82) is 0 Å². The van der Waals surface area contributed by atoms with Crippen molar-refractivity contribution in [3.63, 3.8) is 0 Å². The summed E-state index contributed by atoms with van der Waals surface area (Å²) >= 11 is 3.55. The second-order valence-electron chi connectivity index (χ2n) is 3.30. The average molecular weight is 246 g/mol. The maximum atomic E-state index is 4.34. The molecule has 1 aromatic rings. The van der Waals surface area contributed by atoms with Gasteiger partial charge in [-0.25, -0.2) is 0 Å². The van der Waals surface area contributed by atoms with Crippen molar-refractivity contribution in [3.8, 4) is 0 Å². The van der Waals surface area contributed by atoms with Gasteiger partial charge in [-0.1, -0.05) is 6.92 Å². The lowest BCUT2D eigenvalue weighted by atomic mass is 10.3. The fraction of sp³-hybridized carbons (Fsp3) is 0.667. The molecule has 0 radical (unpaired) electrons. The first-order chi connectivity index (χ1) is 6.06. The minimum Gasteiger partial charge on any atom is -0.301 e. The van der Waals surface area contributed by atoms with Crippen LogP contribution in [0.4, 0.5) is 0 Å². The zero-order chi connectivity index (χ0) is 10.0. The lowest BCUT2D eigenvalue weighted by Gasteiger charge is -2.13. The van der Waals surface area contributed by atoms with E-state index in [9.17, 15) is 0 Å². The van der Waals surface area contributed by atoms with Crippen LogP contribution in [0.25, 0.3) is 0 Å². The zero-order valence-corrected chi connectivity index (χ0v) is 10.2. The zero-order valence-electron chi connectivity index (χ0n) is 8.63. The van der Waals surface area contributed by atoms with E-state index in [0.717, 1.165) is 23.3 Å². The van der Waals surface area contributed by atoms with Gasteiger partial charge in [0.2, 0.25) is 0 Å². The fourth-order valence-corrected chi connectivity index (χ4v) is 1.68. The molecule has 0 amide bonds. The van der Waals surface area contributed by atoms with E-state index in [1.165, 1.54) is 5.69 Å². The van der Waals surface area contributed by atoms with Crippen LogP contribution in [0.2, 0.25) is 0 Å². The molecule has 1 aromatic heterocycles. The maximum Gasteiger partial charge on any atom is 0.0739 e. The van der Waals surface area contributed by atoms with Gasteiger partial charge >= 0.3 is 0 Å². The van der Waals surface area contributed by atoms with Crippen LogP contribution in [-0.4, -0.2) is 28.3 Å². The summed E-state index contributed by atoms with van der Waals surface area (Å²) in [6.07, 6.45) is 0. The number of halogens is 1. The number of hydrogen-bond acceptors (Lipinski definition) is 2. The quantitative estimate of drug-likeness (QED) is 0.812. The minimum absolute atomic E-state index is 0.939. The van der Waals surface area contributed by atoms with Gasteiger partial charge in [-0.05, 0) is 36.4 Å². The molecular weight excluding hydrogens is 230 g/mol. The molecule has 0 fully saturated rings. The molecule has 13 heavy (non-hydrogen) atoms. The number of hydrogen-bond donors (Lipinski definition) is 0. The summed E-state index contributed by atoms with van der Waals surface area (Å²) in [5.74, 6) is 0. The Labute approximate surface area is 87.9 Å². The van der Waals surface area contributed by atoms with Crippen LogP contribution < -0.4 is 0 Å². The summed E-state index contributed by atoms with van der Waals surface area (Å²) < 4.78 is 3.07. The molecule has 74 valence electrons. The van der Waals surface area contributed by atoms with E-state index >= 15 is 0 Å².